The normalized spacial score (nSPS) is 17.6. The Labute approximate surface area is 113 Å². The molecule has 5 heteroatoms. The van der Waals surface area contributed by atoms with E-state index in [1.54, 1.807) is 11.3 Å². The van der Waals surface area contributed by atoms with Crippen LogP contribution in [0.25, 0.3) is 0 Å². The second kappa shape index (κ2) is 7.69. The quantitative estimate of drug-likeness (QED) is 0.802. The molecule has 1 fully saturated rings. The van der Waals surface area contributed by atoms with Crippen LogP contribution < -0.4 is 5.32 Å². The van der Waals surface area contributed by atoms with Crippen LogP contribution in [0.15, 0.2) is 0 Å². The summed E-state index contributed by atoms with van der Waals surface area (Å²) in [5.41, 5.74) is 0. The van der Waals surface area contributed by atoms with Crippen LogP contribution in [-0.2, 0) is 11.3 Å². The van der Waals surface area contributed by atoms with E-state index in [0.29, 0.717) is 12.7 Å². The first-order chi connectivity index (χ1) is 8.88. The lowest BCUT2D eigenvalue weighted by atomic mass is 10.1. The molecule has 0 amide bonds. The van der Waals surface area contributed by atoms with Crippen LogP contribution in [-0.4, -0.2) is 22.8 Å². The molecule has 1 heterocycles. The van der Waals surface area contributed by atoms with Gasteiger partial charge in [-0.1, -0.05) is 43.9 Å². The highest BCUT2D eigenvalue weighted by atomic mass is 32.1. The predicted octanol–water partition coefficient (Wildman–Crippen LogP) is 3.60. The molecule has 1 aromatic rings. The van der Waals surface area contributed by atoms with Gasteiger partial charge in [-0.05, 0) is 19.3 Å². The van der Waals surface area contributed by atoms with Gasteiger partial charge >= 0.3 is 0 Å². The average molecular weight is 269 g/mol. The van der Waals surface area contributed by atoms with Crippen LogP contribution >= 0.6 is 11.3 Å². The topological polar surface area (TPSA) is 47.0 Å². The second-order valence-corrected chi connectivity index (χ2v) is 5.91. The SMILES string of the molecule is CCCNc1nnc(COC2CCCCCC2)s1. The molecule has 0 unspecified atom stereocenters. The highest BCUT2D eigenvalue weighted by Crippen LogP contribution is 2.22. The number of nitrogens with zero attached hydrogens (tertiary/aromatic N) is 2. The zero-order valence-electron chi connectivity index (χ0n) is 11.2. The molecule has 1 N–H and O–H groups in total. The van der Waals surface area contributed by atoms with Gasteiger partial charge in [0.1, 0.15) is 11.6 Å². The molecule has 1 aliphatic carbocycles. The van der Waals surface area contributed by atoms with E-state index >= 15 is 0 Å². The first kappa shape index (κ1) is 13.7. The minimum Gasteiger partial charge on any atom is -0.371 e. The summed E-state index contributed by atoms with van der Waals surface area (Å²) < 4.78 is 5.95. The lowest BCUT2D eigenvalue weighted by Crippen LogP contribution is -2.11. The first-order valence-corrected chi connectivity index (χ1v) is 7.88. The van der Waals surface area contributed by atoms with Crippen molar-refractivity contribution in [3.05, 3.63) is 5.01 Å². The first-order valence-electron chi connectivity index (χ1n) is 7.06. The van der Waals surface area contributed by atoms with Gasteiger partial charge in [-0.15, -0.1) is 10.2 Å². The van der Waals surface area contributed by atoms with Gasteiger partial charge in [0, 0.05) is 6.54 Å². The smallest absolute Gasteiger partial charge is 0.205 e. The maximum Gasteiger partial charge on any atom is 0.205 e. The van der Waals surface area contributed by atoms with E-state index in [0.717, 1.165) is 23.1 Å². The molecule has 1 saturated carbocycles. The maximum atomic E-state index is 5.95. The lowest BCUT2D eigenvalue weighted by molar-refractivity contribution is 0.0306. The third-order valence-corrected chi connectivity index (χ3v) is 4.09. The largest absolute Gasteiger partial charge is 0.371 e. The van der Waals surface area contributed by atoms with Crippen molar-refractivity contribution >= 4 is 16.5 Å². The number of anilines is 1. The molecule has 0 spiro atoms. The fraction of sp³-hybridized carbons (Fsp3) is 0.846. The Kier molecular flexibility index (Phi) is 5.87. The van der Waals surface area contributed by atoms with Crippen LogP contribution in [0.3, 0.4) is 0 Å². The Morgan fingerprint density at radius 3 is 2.72 bits per heavy atom. The lowest BCUT2D eigenvalue weighted by Gasteiger charge is -2.13. The number of rotatable bonds is 6. The molecule has 0 aliphatic heterocycles. The van der Waals surface area contributed by atoms with E-state index in [2.05, 4.69) is 22.4 Å². The van der Waals surface area contributed by atoms with Crippen molar-refractivity contribution in [1.29, 1.82) is 0 Å². The van der Waals surface area contributed by atoms with Crippen molar-refractivity contribution in [3.8, 4) is 0 Å². The molecule has 0 saturated heterocycles. The van der Waals surface area contributed by atoms with Gasteiger partial charge in [0.05, 0.1) is 6.10 Å². The second-order valence-electron chi connectivity index (χ2n) is 4.85. The third-order valence-electron chi connectivity index (χ3n) is 3.24. The zero-order valence-corrected chi connectivity index (χ0v) is 12.0. The Morgan fingerprint density at radius 2 is 2.00 bits per heavy atom. The molecule has 0 aromatic carbocycles. The summed E-state index contributed by atoms with van der Waals surface area (Å²) >= 11 is 1.61. The molecule has 1 aliphatic rings. The van der Waals surface area contributed by atoms with Crippen molar-refractivity contribution < 1.29 is 4.74 Å². The number of aromatic nitrogens is 2. The highest BCUT2D eigenvalue weighted by Gasteiger charge is 2.13. The predicted molar refractivity (Wildman–Crippen MR) is 75.0 cm³/mol. The van der Waals surface area contributed by atoms with Gasteiger partial charge in [0.25, 0.3) is 0 Å². The van der Waals surface area contributed by atoms with Gasteiger partial charge in [0.2, 0.25) is 5.13 Å². The number of ether oxygens (including phenoxy) is 1. The van der Waals surface area contributed by atoms with Crippen molar-refractivity contribution in [2.75, 3.05) is 11.9 Å². The van der Waals surface area contributed by atoms with E-state index in [1.165, 1.54) is 38.5 Å². The van der Waals surface area contributed by atoms with Crippen LogP contribution in [0.1, 0.15) is 56.9 Å². The average Bonchev–Trinajstić information content (AvgIpc) is 2.68. The number of nitrogens with one attached hydrogen (secondary N) is 1. The molecule has 2 rings (SSSR count). The van der Waals surface area contributed by atoms with Crippen molar-refractivity contribution in [2.24, 2.45) is 0 Å². The van der Waals surface area contributed by atoms with E-state index < -0.39 is 0 Å². The fourth-order valence-electron chi connectivity index (χ4n) is 2.21. The summed E-state index contributed by atoms with van der Waals surface area (Å²) in [7, 11) is 0. The van der Waals surface area contributed by atoms with Gasteiger partial charge in [-0.3, -0.25) is 0 Å². The minimum absolute atomic E-state index is 0.434. The minimum atomic E-state index is 0.434. The zero-order chi connectivity index (χ0) is 12.6. The maximum absolute atomic E-state index is 5.95. The van der Waals surface area contributed by atoms with Gasteiger partial charge in [0.15, 0.2) is 0 Å². The van der Waals surface area contributed by atoms with Gasteiger partial charge in [-0.25, -0.2) is 0 Å². The molecule has 0 radical (unpaired) electrons. The number of hydrogen-bond donors (Lipinski definition) is 1. The van der Waals surface area contributed by atoms with E-state index in [4.69, 9.17) is 4.74 Å². The molecule has 18 heavy (non-hydrogen) atoms. The molecule has 102 valence electrons. The van der Waals surface area contributed by atoms with Crippen LogP contribution in [0.2, 0.25) is 0 Å². The van der Waals surface area contributed by atoms with Crippen LogP contribution in [0.5, 0.6) is 0 Å². The molecule has 0 atom stereocenters. The van der Waals surface area contributed by atoms with E-state index in [-0.39, 0.29) is 0 Å². The third kappa shape index (κ3) is 4.53. The molecule has 4 nitrogen and oxygen atoms in total. The summed E-state index contributed by atoms with van der Waals surface area (Å²) in [5.74, 6) is 0. The Bertz CT molecular complexity index is 335. The highest BCUT2D eigenvalue weighted by molar-refractivity contribution is 7.15. The van der Waals surface area contributed by atoms with Gasteiger partial charge < -0.3 is 10.1 Å². The van der Waals surface area contributed by atoms with Crippen molar-refractivity contribution in [1.82, 2.24) is 10.2 Å². The summed E-state index contributed by atoms with van der Waals surface area (Å²) in [5, 5.41) is 13.4. The summed E-state index contributed by atoms with van der Waals surface area (Å²) in [6.07, 6.45) is 9.30. The van der Waals surface area contributed by atoms with Crippen molar-refractivity contribution in [3.63, 3.8) is 0 Å². The fourth-order valence-corrected chi connectivity index (χ4v) is 2.90. The summed E-state index contributed by atoms with van der Waals surface area (Å²) in [6.45, 7) is 3.72. The summed E-state index contributed by atoms with van der Waals surface area (Å²) in [4.78, 5) is 0. The Morgan fingerprint density at radius 1 is 1.22 bits per heavy atom. The van der Waals surface area contributed by atoms with Crippen LogP contribution in [0, 0.1) is 0 Å². The molecular formula is C13H23N3OS. The van der Waals surface area contributed by atoms with E-state index in [9.17, 15) is 0 Å². The standard InChI is InChI=1S/C13H23N3OS/c1-2-9-14-13-16-15-12(18-13)10-17-11-7-5-3-4-6-8-11/h11H,2-10H2,1H3,(H,14,16). The van der Waals surface area contributed by atoms with E-state index in [1.807, 2.05) is 0 Å². The Balaban J connectivity index is 1.73. The summed E-state index contributed by atoms with van der Waals surface area (Å²) in [6, 6.07) is 0. The number of hydrogen-bond acceptors (Lipinski definition) is 5. The molecule has 1 aromatic heterocycles. The molecular weight excluding hydrogens is 246 g/mol. The Hall–Kier alpha value is -0.680. The van der Waals surface area contributed by atoms with Crippen molar-refractivity contribution in [2.45, 2.75) is 64.6 Å². The van der Waals surface area contributed by atoms with Gasteiger partial charge in [-0.2, -0.15) is 0 Å². The monoisotopic (exact) mass is 269 g/mol. The molecule has 0 bridgehead atoms. The van der Waals surface area contributed by atoms with Crippen LogP contribution in [0.4, 0.5) is 5.13 Å².